The number of hydrogen-bond donors (Lipinski definition) is 1. The van der Waals surface area contributed by atoms with Crippen LogP contribution in [0.3, 0.4) is 0 Å². The lowest BCUT2D eigenvalue weighted by Gasteiger charge is -2.39. The highest BCUT2D eigenvalue weighted by Gasteiger charge is 2.51. The molecule has 0 bridgehead atoms. The number of hydrogen-bond acceptors (Lipinski definition) is 7. The maximum absolute atomic E-state index is 13.6. The van der Waals surface area contributed by atoms with Gasteiger partial charge in [-0.2, -0.15) is 5.26 Å². The number of benzene rings is 1. The molecule has 1 aromatic heterocycles. The first kappa shape index (κ1) is 24.6. The molecular formula is C27H29N5O5. The van der Waals surface area contributed by atoms with Gasteiger partial charge in [0.05, 0.1) is 17.6 Å². The van der Waals surface area contributed by atoms with E-state index in [0.717, 1.165) is 37.2 Å². The molecule has 3 saturated heterocycles. The summed E-state index contributed by atoms with van der Waals surface area (Å²) < 4.78 is 5.74. The minimum atomic E-state index is -1.03. The lowest BCUT2D eigenvalue weighted by Crippen LogP contribution is -2.49. The predicted molar refractivity (Wildman–Crippen MR) is 132 cm³/mol. The Bertz CT molecular complexity index is 1180. The number of aliphatic carboxylic acids is 1. The quantitative estimate of drug-likeness (QED) is 0.660. The van der Waals surface area contributed by atoms with Crippen molar-refractivity contribution in [2.45, 2.75) is 43.9 Å². The number of anilines is 1. The Labute approximate surface area is 215 Å². The van der Waals surface area contributed by atoms with E-state index in [4.69, 9.17) is 4.74 Å². The van der Waals surface area contributed by atoms with Crippen molar-refractivity contribution in [2.24, 2.45) is 5.92 Å². The van der Waals surface area contributed by atoms with Gasteiger partial charge in [-0.05, 0) is 55.5 Å². The van der Waals surface area contributed by atoms with Crippen molar-refractivity contribution >= 4 is 23.7 Å². The van der Waals surface area contributed by atoms with Gasteiger partial charge in [-0.25, -0.2) is 4.79 Å². The average molecular weight is 504 g/mol. The van der Waals surface area contributed by atoms with E-state index in [1.807, 2.05) is 12.1 Å². The molecule has 0 aliphatic carbocycles. The number of nitrogens with zero attached hydrogens (tertiary/aromatic N) is 5. The number of carbonyl (C=O) groups excluding carboxylic acids is 2. The monoisotopic (exact) mass is 503 g/mol. The van der Waals surface area contributed by atoms with E-state index in [-0.39, 0.29) is 11.9 Å². The molecule has 3 fully saturated rings. The summed E-state index contributed by atoms with van der Waals surface area (Å²) in [6.07, 6.45) is 4.16. The number of carboxylic acid groups (broad SMARTS) is 1. The smallest absolute Gasteiger partial charge is 0.411 e. The lowest BCUT2D eigenvalue weighted by atomic mass is 9.93. The minimum absolute atomic E-state index is 0.109. The van der Waals surface area contributed by atoms with Gasteiger partial charge < -0.3 is 19.6 Å². The van der Waals surface area contributed by atoms with E-state index in [9.17, 15) is 24.8 Å². The molecule has 2 amide bonds. The molecule has 4 heterocycles. The van der Waals surface area contributed by atoms with Gasteiger partial charge in [0.15, 0.2) is 0 Å². The Morgan fingerprint density at radius 1 is 0.973 bits per heavy atom. The molecule has 10 nitrogen and oxygen atoms in total. The van der Waals surface area contributed by atoms with Gasteiger partial charge in [-0.1, -0.05) is 12.1 Å². The number of pyridine rings is 1. The molecule has 0 spiro atoms. The molecular weight excluding hydrogens is 474 g/mol. The summed E-state index contributed by atoms with van der Waals surface area (Å²) in [4.78, 5) is 47.9. The van der Waals surface area contributed by atoms with Gasteiger partial charge in [-0.15, -0.1) is 0 Å². The normalized spacial score (nSPS) is 23.0. The molecule has 192 valence electrons. The largest absolute Gasteiger partial charge is 0.481 e. The third-order valence-electron chi connectivity index (χ3n) is 7.69. The number of nitriles is 1. The van der Waals surface area contributed by atoms with E-state index in [1.54, 1.807) is 46.5 Å². The number of aromatic nitrogens is 1. The third-order valence-corrected chi connectivity index (χ3v) is 7.69. The molecule has 0 saturated carbocycles. The van der Waals surface area contributed by atoms with Gasteiger partial charge in [-0.3, -0.25) is 19.5 Å². The van der Waals surface area contributed by atoms with Gasteiger partial charge in [0, 0.05) is 50.3 Å². The van der Waals surface area contributed by atoms with Crippen molar-refractivity contribution in [3.63, 3.8) is 0 Å². The van der Waals surface area contributed by atoms with Crippen LogP contribution in [0, 0.1) is 17.2 Å². The Morgan fingerprint density at radius 3 is 2.22 bits per heavy atom. The van der Waals surface area contributed by atoms with Crippen LogP contribution in [0.2, 0.25) is 0 Å². The number of cyclic esters (lactones) is 1. The van der Waals surface area contributed by atoms with Crippen molar-refractivity contribution in [1.82, 2.24) is 14.8 Å². The SMILES string of the molecule is N#Cc1ccc(C2C(C(=O)N3CCC(C(=O)O)CC3)OC(=O)N2C2CCN(c3ccncc3)CC2)cc1. The second kappa shape index (κ2) is 10.5. The highest BCUT2D eigenvalue weighted by molar-refractivity contribution is 5.88. The van der Waals surface area contributed by atoms with E-state index < -0.39 is 30.1 Å². The van der Waals surface area contributed by atoms with Crippen LogP contribution in [0.25, 0.3) is 0 Å². The number of carboxylic acids is 1. The molecule has 1 N–H and O–H groups in total. The van der Waals surface area contributed by atoms with Crippen molar-refractivity contribution in [3.05, 3.63) is 59.9 Å². The van der Waals surface area contributed by atoms with Gasteiger partial charge in [0.1, 0.15) is 6.04 Å². The number of piperidine rings is 2. The number of ether oxygens (including phenoxy) is 1. The summed E-state index contributed by atoms with van der Waals surface area (Å²) in [7, 11) is 0. The second-order valence-corrected chi connectivity index (χ2v) is 9.75. The van der Waals surface area contributed by atoms with Crippen LogP contribution in [0.5, 0.6) is 0 Å². The molecule has 3 aliphatic heterocycles. The zero-order chi connectivity index (χ0) is 25.9. The zero-order valence-corrected chi connectivity index (χ0v) is 20.4. The molecule has 10 heteroatoms. The van der Waals surface area contributed by atoms with Crippen molar-refractivity contribution in [3.8, 4) is 6.07 Å². The van der Waals surface area contributed by atoms with Crippen LogP contribution >= 0.6 is 0 Å². The molecule has 5 rings (SSSR count). The summed E-state index contributed by atoms with van der Waals surface area (Å²) in [6, 6.07) is 12.2. The highest BCUT2D eigenvalue weighted by atomic mass is 16.6. The van der Waals surface area contributed by atoms with Gasteiger partial charge in [0.25, 0.3) is 5.91 Å². The summed E-state index contributed by atoms with van der Waals surface area (Å²) in [6.45, 7) is 2.13. The van der Waals surface area contributed by atoms with Crippen molar-refractivity contribution < 1.29 is 24.2 Å². The van der Waals surface area contributed by atoms with Crippen LogP contribution in [-0.2, 0) is 14.3 Å². The van der Waals surface area contributed by atoms with Crippen molar-refractivity contribution in [1.29, 1.82) is 5.26 Å². The van der Waals surface area contributed by atoms with E-state index in [0.29, 0.717) is 31.5 Å². The van der Waals surface area contributed by atoms with E-state index in [1.165, 1.54) is 0 Å². The molecule has 37 heavy (non-hydrogen) atoms. The van der Waals surface area contributed by atoms with Crippen LogP contribution in [0.15, 0.2) is 48.8 Å². The van der Waals surface area contributed by atoms with Crippen LogP contribution in [0.4, 0.5) is 10.5 Å². The van der Waals surface area contributed by atoms with E-state index >= 15 is 0 Å². The standard InChI is InChI=1S/C27H29N5O5/c28-17-18-1-3-19(4-2-18)23-24(25(33)31-13-7-20(8-14-31)26(34)35)37-27(36)32(23)22-9-15-30(16-10-22)21-5-11-29-12-6-21/h1-6,11-12,20,22-24H,7-10,13-16H2,(H,34,35). The fourth-order valence-corrected chi connectivity index (χ4v) is 5.63. The fourth-order valence-electron chi connectivity index (χ4n) is 5.63. The summed E-state index contributed by atoms with van der Waals surface area (Å²) in [5.41, 5.74) is 2.31. The summed E-state index contributed by atoms with van der Waals surface area (Å²) in [5.74, 6) is -1.62. The molecule has 2 atom stereocenters. The first-order chi connectivity index (χ1) is 18.0. The lowest BCUT2D eigenvalue weighted by molar-refractivity contribution is -0.148. The highest BCUT2D eigenvalue weighted by Crippen LogP contribution is 2.39. The number of amides is 2. The zero-order valence-electron chi connectivity index (χ0n) is 20.4. The summed E-state index contributed by atoms with van der Waals surface area (Å²) in [5, 5.41) is 18.5. The first-order valence-electron chi connectivity index (χ1n) is 12.6. The van der Waals surface area contributed by atoms with Crippen LogP contribution in [-0.4, -0.2) is 76.2 Å². The predicted octanol–water partition coefficient (Wildman–Crippen LogP) is 2.81. The third kappa shape index (κ3) is 4.94. The average Bonchev–Trinajstić information content (AvgIpc) is 3.30. The number of rotatable bonds is 5. The van der Waals surface area contributed by atoms with Crippen molar-refractivity contribution in [2.75, 3.05) is 31.1 Å². The number of likely N-dealkylation sites (tertiary alicyclic amines) is 1. The second-order valence-electron chi connectivity index (χ2n) is 9.75. The molecule has 1 aromatic carbocycles. The first-order valence-corrected chi connectivity index (χ1v) is 12.6. The Balaban J connectivity index is 1.37. The van der Waals surface area contributed by atoms with E-state index in [2.05, 4.69) is 16.0 Å². The fraction of sp³-hybridized carbons (Fsp3) is 0.444. The Kier molecular flexibility index (Phi) is 6.95. The minimum Gasteiger partial charge on any atom is -0.481 e. The molecule has 2 unspecified atom stereocenters. The maximum Gasteiger partial charge on any atom is 0.411 e. The molecule has 2 aromatic rings. The Hall–Kier alpha value is -4.13. The van der Waals surface area contributed by atoms with Crippen LogP contribution in [0.1, 0.15) is 42.9 Å². The molecule has 3 aliphatic rings. The summed E-state index contributed by atoms with van der Waals surface area (Å²) >= 11 is 0. The van der Waals surface area contributed by atoms with Gasteiger partial charge in [0.2, 0.25) is 6.10 Å². The van der Waals surface area contributed by atoms with Crippen LogP contribution < -0.4 is 4.90 Å². The number of carbonyl (C=O) groups is 3. The topological polar surface area (TPSA) is 127 Å². The Morgan fingerprint density at radius 2 is 1.62 bits per heavy atom. The maximum atomic E-state index is 13.6. The van der Waals surface area contributed by atoms with Gasteiger partial charge >= 0.3 is 12.1 Å². The molecule has 0 radical (unpaired) electrons.